The number of nitrogens with one attached hydrogen (secondary N) is 2. The molecule has 2 N–H and O–H groups in total. The largest absolute Gasteiger partial charge is 0.492 e. The topological polar surface area (TPSA) is 114 Å². The van der Waals surface area contributed by atoms with Crippen molar-refractivity contribution in [1.82, 2.24) is 15.5 Å². The van der Waals surface area contributed by atoms with Crippen LogP contribution in [0.4, 0.5) is 4.79 Å². The number of rotatable bonds is 9. The molecule has 1 unspecified atom stereocenters. The van der Waals surface area contributed by atoms with Gasteiger partial charge in [0, 0.05) is 0 Å². The van der Waals surface area contributed by atoms with E-state index in [1.165, 1.54) is 0 Å². The highest BCUT2D eigenvalue weighted by Gasteiger charge is 2.56. The molecule has 1 saturated carbocycles. The van der Waals surface area contributed by atoms with Crippen molar-refractivity contribution >= 4 is 23.8 Å². The molecule has 2 aliphatic rings. The summed E-state index contributed by atoms with van der Waals surface area (Å²) in [5, 5.41) is 5.22. The summed E-state index contributed by atoms with van der Waals surface area (Å²) >= 11 is 0. The van der Waals surface area contributed by atoms with E-state index < -0.39 is 42.5 Å². The highest BCUT2D eigenvalue weighted by Crippen LogP contribution is 2.42. The van der Waals surface area contributed by atoms with Crippen LogP contribution in [0.2, 0.25) is 0 Å². The number of urea groups is 1. The summed E-state index contributed by atoms with van der Waals surface area (Å²) < 4.78 is 10.4. The van der Waals surface area contributed by atoms with Crippen molar-refractivity contribution in [2.45, 2.75) is 32.2 Å². The fourth-order valence-corrected chi connectivity index (χ4v) is 3.23. The Kier molecular flexibility index (Phi) is 6.05. The standard InChI is InChI=1S/C20H25N3O6/c1-13-4-3-5-15(10-13)28-9-8-21-16(24)12-29-17(25)11-23-18(26)20(2,14-6-7-14)22-19(23)27/h3-5,10,14H,6-9,11-12H2,1-2H3,(H,21,24)(H,22,27). The zero-order chi connectivity index (χ0) is 21.0. The molecule has 156 valence electrons. The Morgan fingerprint density at radius 3 is 2.76 bits per heavy atom. The van der Waals surface area contributed by atoms with Crippen molar-refractivity contribution in [1.29, 1.82) is 0 Å². The predicted octanol–water partition coefficient (Wildman–Crippen LogP) is 0.754. The number of esters is 1. The average Bonchev–Trinajstić information content (AvgIpc) is 3.50. The van der Waals surface area contributed by atoms with Gasteiger partial charge in [0.15, 0.2) is 6.61 Å². The quantitative estimate of drug-likeness (QED) is 0.357. The normalized spacial score (nSPS) is 21.0. The third-order valence-corrected chi connectivity index (χ3v) is 5.03. The van der Waals surface area contributed by atoms with Crippen molar-refractivity contribution in [3.8, 4) is 5.75 Å². The van der Waals surface area contributed by atoms with Gasteiger partial charge in [-0.2, -0.15) is 0 Å². The molecule has 0 bridgehead atoms. The van der Waals surface area contributed by atoms with Gasteiger partial charge in [0.05, 0.1) is 6.54 Å². The van der Waals surface area contributed by atoms with Crippen LogP contribution in [0.5, 0.6) is 5.75 Å². The minimum Gasteiger partial charge on any atom is -0.492 e. The van der Waals surface area contributed by atoms with Gasteiger partial charge in [0.1, 0.15) is 24.4 Å². The lowest BCUT2D eigenvalue weighted by atomic mass is 9.96. The second kappa shape index (κ2) is 8.50. The van der Waals surface area contributed by atoms with Crippen LogP contribution < -0.4 is 15.4 Å². The maximum absolute atomic E-state index is 12.4. The molecule has 0 aromatic heterocycles. The zero-order valence-electron chi connectivity index (χ0n) is 16.5. The van der Waals surface area contributed by atoms with E-state index in [-0.39, 0.29) is 19.1 Å². The number of aryl methyl sites for hydroxylation is 1. The fraction of sp³-hybridized carbons (Fsp3) is 0.500. The third kappa shape index (κ3) is 5.04. The van der Waals surface area contributed by atoms with Gasteiger partial charge in [0.25, 0.3) is 11.8 Å². The first-order valence-electron chi connectivity index (χ1n) is 9.55. The summed E-state index contributed by atoms with van der Waals surface area (Å²) in [6.07, 6.45) is 1.74. The van der Waals surface area contributed by atoms with Gasteiger partial charge in [-0.05, 0) is 50.3 Å². The maximum Gasteiger partial charge on any atom is 0.326 e. The number of benzene rings is 1. The molecule has 29 heavy (non-hydrogen) atoms. The van der Waals surface area contributed by atoms with E-state index in [0.717, 1.165) is 23.3 Å². The molecule has 1 aromatic rings. The van der Waals surface area contributed by atoms with E-state index in [4.69, 9.17) is 9.47 Å². The van der Waals surface area contributed by atoms with Gasteiger partial charge >= 0.3 is 12.0 Å². The van der Waals surface area contributed by atoms with Crippen molar-refractivity contribution < 1.29 is 28.7 Å². The van der Waals surface area contributed by atoms with Crippen molar-refractivity contribution in [3.63, 3.8) is 0 Å². The van der Waals surface area contributed by atoms with Crippen molar-refractivity contribution in [2.75, 3.05) is 26.3 Å². The van der Waals surface area contributed by atoms with Crippen molar-refractivity contribution in [3.05, 3.63) is 29.8 Å². The Morgan fingerprint density at radius 1 is 1.31 bits per heavy atom. The summed E-state index contributed by atoms with van der Waals surface area (Å²) in [7, 11) is 0. The van der Waals surface area contributed by atoms with E-state index in [1.807, 2.05) is 31.2 Å². The number of ether oxygens (including phenoxy) is 2. The van der Waals surface area contributed by atoms with E-state index in [0.29, 0.717) is 5.75 Å². The number of imide groups is 1. The summed E-state index contributed by atoms with van der Waals surface area (Å²) in [6.45, 7) is 3.13. The highest BCUT2D eigenvalue weighted by atomic mass is 16.5. The Morgan fingerprint density at radius 2 is 2.07 bits per heavy atom. The Bertz CT molecular complexity index is 822. The van der Waals surface area contributed by atoms with E-state index in [1.54, 1.807) is 6.92 Å². The number of carbonyl (C=O) groups is 4. The van der Waals surface area contributed by atoms with Crippen LogP contribution >= 0.6 is 0 Å². The predicted molar refractivity (Wildman–Crippen MR) is 102 cm³/mol. The highest BCUT2D eigenvalue weighted by molar-refractivity contribution is 6.08. The van der Waals surface area contributed by atoms with Gasteiger partial charge in [0.2, 0.25) is 0 Å². The second-order valence-electron chi connectivity index (χ2n) is 7.47. The Balaban J connectivity index is 1.34. The molecule has 0 radical (unpaired) electrons. The second-order valence-corrected chi connectivity index (χ2v) is 7.47. The summed E-state index contributed by atoms with van der Waals surface area (Å²) in [5.74, 6) is -0.934. The zero-order valence-corrected chi connectivity index (χ0v) is 16.5. The summed E-state index contributed by atoms with van der Waals surface area (Å²) in [4.78, 5) is 49.0. The minimum atomic E-state index is -0.952. The van der Waals surface area contributed by atoms with Crippen LogP contribution in [0, 0.1) is 12.8 Å². The molecule has 2 fully saturated rings. The summed E-state index contributed by atoms with van der Waals surface area (Å²) in [6, 6.07) is 6.92. The SMILES string of the molecule is Cc1cccc(OCCNC(=O)COC(=O)CN2C(=O)NC(C)(C3CC3)C2=O)c1. The molecule has 1 saturated heterocycles. The number of carbonyl (C=O) groups excluding carboxylic acids is 4. The molecule has 9 nitrogen and oxygen atoms in total. The monoisotopic (exact) mass is 403 g/mol. The van der Waals surface area contributed by atoms with E-state index in [2.05, 4.69) is 10.6 Å². The van der Waals surface area contributed by atoms with Gasteiger partial charge in [-0.15, -0.1) is 0 Å². The molecule has 3 rings (SSSR count). The number of nitrogens with zero attached hydrogens (tertiary/aromatic N) is 1. The molecule has 0 spiro atoms. The van der Waals surface area contributed by atoms with Crippen LogP contribution in [0.1, 0.15) is 25.3 Å². The van der Waals surface area contributed by atoms with Gasteiger partial charge in [-0.1, -0.05) is 12.1 Å². The van der Waals surface area contributed by atoms with E-state index >= 15 is 0 Å². The molecule has 1 heterocycles. The molecule has 1 aromatic carbocycles. The van der Waals surface area contributed by atoms with Gasteiger partial charge < -0.3 is 20.1 Å². The number of hydrogen-bond donors (Lipinski definition) is 2. The number of amides is 4. The third-order valence-electron chi connectivity index (χ3n) is 5.03. The molecule has 4 amide bonds. The van der Waals surface area contributed by atoms with E-state index in [9.17, 15) is 19.2 Å². The molecule has 1 aliphatic heterocycles. The van der Waals surface area contributed by atoms with Crippen LogP contribution in [0.25, 0.3) is 0 Å². The summed E-state index contributed by atoms with van der Waals surface area (Å²) in [5.41, 5.74) is 0.118. The molecular weight excluding hydrogens is 378 g/mol. The first-order chi connectivity index (χ1) is 13.8. The smallest absolute Gasteiger partial charge is 0.326 e. The van der Waals surface area contributed by atoms with Crippen LogP contribution in [-0.2, 0) is 19.1 Å². The lowest BCUT2D eigenvalue weighted by Crippen LogP contribution is -2.46. The Labute approximate surface area is 168 Å². The van der Waals surface area contributed by atoms with Crippen LogP contribution in [-0.4, -0.2) is 60.6 Å². The number of hydrogen-bond acceptors (Lipinski definition) is 6. The first kappa shape index (κ1) is 20.6. The molecule has 1 aliphatic carbocycles. The van der Waals surface area contributed by atoms with Crippen molar-refractivity contribution in [2.24, 2.45) is 5.92 Å². The van der Waals surface area contributed by atoms with Crippen LogP contribution in [0.15, 0.2) is 24.3 Å². The lowest BCUT2D eigenvalue weighted by Gasteiger charge is -2.20. The van der Waals surface area contributed by atoms with Gasteiger partial charge in [-0.25, -0.2) is 4.79 Å². The van der Waals surface area contributed by atoms with Crippen LogP contribution in [0.3, 0.4) is 0 Å². The maximum atomic E-state index is 12.4. The Hall–Kier alpha value is -3.10. The fourth-order valence-electron chi connectivity index (χ4n) is 3.23. The average molecular weight is 403 g/mol. The molecular formula is C20H25N3O6. The minimum absolute atomic E-state index is 0.104. The lowest BCUT2D eigenvalue weighted by molar-refractivity contribution is -0.151. The van der Waals surface area contributed by atoms with Gasteiger partial charge in [-0.3, -0.25) is 19.3 Å². The molecule has 1 atom stereocenters. The first-order valence-corrected chi connectivity index (χ1v) is 9.55. The molecule has 9 heteroatoms.